The molecule has 3 heterocycles. The summed E-state index contributed by atoms with van der Waals surface area (Å²) in [5.41, 5.74) is 0.173. The van der Waals surface area contributed by atoms with Crippen LogP contribution in [0.1, 0.15) is 42.2 Å². The maximum atomic E-state index is 13.2. The highest BCUT2D eigenvalue weighted by atomic mass is 32.1. The van der Waals surface area contributed by atoms with Crippen LogP contribution < -0.4 is 10.2 Å². The van der Waals surface area contributed by atoms with Crippen LogP contribution in [0.5, 0.6) is 0 Å². The van der Waals surface area contributed by atoms with Gasteiger partial charge in [-0.3, -0.25) is 9.69 Å². The van der Waals surface area contributed by atoms with Gasteiger partial charge in [-0.2, -0.15) is 13.2 Å². The molecule has 4 rings (SSSR count). The predicted molar refractivity (Wildman–Crippen MR) is 109 cm³/mol. The number of carbonyl (C=O) groups is 1. The lowest BCUT2D eigenvalue weighted by molar-refractivity contribution is -0.137. The summed E-state index contributed by atoms with van der Waals surface area (Å²) >= 11 is 1.67. The quantitative estimate of drug-likeness (QED) is 0.723. The Labute approximate surface area is 172 Å². The van der Waals surface area contributed by atoms with E-state index in [1.807, 2.05) is 16.3 Å². The second kappa shape index (κ2) is 8.36. The number of thiophene rings is 1. The van der Waals surface area contributed by atoms with Crippen molar-refractivity contribution in [2.24, 2.45) is 0 Å². The molecule has 156 valence electrons. The summed E-state index contributed by atoms with van der Waals surface area (Å²) in [6.07, 6.45) is -0.424. The van der Waals surface area contributed by atoms with E-state index in [1.54, 1.807) is 11.3 Å². The molecule has 0 saturated carbocycles. The van der Waals surface area contributed by atoms with Gasteiger partial charge < -0.3 is 10.2 Å². The summed E-state index contributed by atoms with van der Waals surface area (Å²) < 4.78 is 39.7. The van der Waals surface area contributed by atoms with E-state index >= 15 is 0 Å². The molecule has 2 aromatic rings. The fourth-order valence-corrected chi connectivity index (χ4v) is 5.13. The summed E-state index contributed by atoms with van der Waals surface area (Å²) in [7, 11) is 0. The van der Waals surface area contributed by atoms with Crippen LogP contribution in [0.25, 0.3) is 0 Å². The molecule has 2 fully saturated rings. The standard InChI is InChI=1S/C21H24F3N3OS/c22-21(23,24)15-7-8-17(26-9-1-2-10-26)16(13-15)25-20(28)14-27-11-3-5-18(27)19-6-4-12-29-19/h4,6-8,12-13,18H,1-3,5,9-11,14H2,(H,25,28)/t18-/m1/s1. The van der Waals surface area contributed by atoms with Crippen molar-refractivity contribution in [1.82, 2.24) is 4.90 Å². The van der Waals surface area contributed by atoms with Crippen molar-refractivity contribution < 1.29 is 18.0 Å². The molecule has 1 aromatic heterocycles. The molecule has 4 nitrogen and oxygen atoms in total. The van der Waals surface area contributed by atoms with Crippen LogP contribution in [0, 0.1) is 0 Å². The van der Waals surface area contributed by atoms with Crippen molar-refractivity contribution in [3.05, 3.63) is 46.2 Å². The van der Waals surface area contributed by atoms with Gasteiger partial charge in [-0.15, -0.1) is 11.3 Å². The van der Waals surface area contributed by atoms with Crippen LogP contribution in [0.3, 0.4) is 0 Å². The summed E-state index contributed by atoms with van der Waals surface area (Å²) in [4.78, 5) is 18.1. The van der Waals surface area contributed by atoms with Gasteiger partial charge in [-0.25, -0.2) is 0 Å². The minimum Gasteiger partial charge on any atom is -0.370 e. The molecule has 1 N–H and O–H groups in total. The van der Waals surface area contributed by atoms with Crippen molar-refractivity contribution in [3.8, 4) is 0 Å². The number of carbonyl (C=O) groups excluding carboxylic acids is 1. The maximum Gasteiger partial charge on any atom is 0.416 e. The Bertz CT molecular complexity index is 847. The zero-order valence-electron chi connectivity index (χ0n) is 16.0. The number of halogens is 3. The van der Waals surface area contributed by atoms with Gasteiger partial charge in [0.05, 0.1) is 23.5 Å². The normalized spacial score (nSPS) is 20.4. The number of hydrogen-bond donors (Lipinski definition) is 1. The first-order chi connectivity index (χ1) is 13.9. The maximum absolute atomic E-state index is 13.2. The highest BCUT2D eigenvalue weighted by molar-refractivity contribution is 7.10. The molecule has 0 bridgehead atoms. The Morgan fingerprint density at radius 2 is 1.93 bits per heavy atom. The van der Waals surface area contributed by atoms with Crippen LogP contribution in [-0.4, -0.2) is 37.0 Å². The van der Waals surface area contributed by atoms with Gasteiger partial charge in [0.1, 0.15) is 0 Å². The van der Waals surface area contributed by atoms with Crippen LogP contribution in [0.4, 0.5) is 24.5 Å². The van der Waals surface area contributed by atoms with E-state index in [1.165, 1.54) is 10.9 Å². The Kier molecular flexibility index (Phi) is 5.83. The van der Waals surface area contributed by atoms with E-state index in [0.29, 0.717) is 5.69 Å². The molecule has 0 unspecified atom stereocenters. The van der Waals surface area contributed by atoms with Gasteiger partial charge >= 0.3 is 6.18 Å². The summed E-state index contributed by atoms with van der Waals surface area (Å²) in [6.45, 7) is 2.58. The monoisotopic (exact) mass is 423 g/mol. The zero-order chi connectivity index (χ0) is 20.4. The number of alkyl halides is 3. The van der Waals surface area contributed by atoms with Crippen LogP contribution in [0.15, 0.2) is 35.7 Å². The number of amides is 1. The van der Waals surface area contributed by atoms with Crippen molar-refractivity contribution >= 4 is 28.6 Å². The summed E-state index contributed by atoms with van der Waals surface area (Å²) in [5, 5.41) is 4.80. The lowest BCUT2D eigenvalue weighted by Gasteiger charge is -2.25. The molecule has 0 radical (unpaired) electrons. The van der Waals surface area contributed by atoms with Gasteiger partial charge in [0.25, 0.3) is 0 Å². The molecule has 0 spiro atoms. The molecule has 0 aliphatic carbocycles. The Morgan fingerprint density at radius 3 is 2.62 bits per heavy atom. The van der Waals surface area contributed by atoms with Crippen LogP contribution in [0.2, 0.25) is 0 Å². The van der Waals surface area contributed by atoms with Gasteiger partial charge in [0.2, 0.25) is 5.91 Å². The smallest absolute Gasteiger partial charge is 0.370 e. The average molecular weight is 424 g/mol. The third-order valence-electron chi connectivity index (χ3n) is 5.63. The first kappa shape index (κ1) is 20.2. The van der Waals surface area contributed by atoms with E-state index in [9.17, 15) is 18.0 Å². The third kappa shape index (κ3) is 4.59. The summed E-state index contributed by atoms with van der Waals surface area (Å²) in [6, 6.07) is 7.92. The highest BCUT2D eigenvalue weighted by Gasteiger charge is 2.32. The Balaban J connectivity index is 1.51. The Morgan fingerprint density at radius 1 is 1.14 bits per heavy atom. The number of hydrogen-bond acceptors (Lipinski definition) is 4. The highest BCUT2D eigenvalue weighted by Crippen LogP contribution is 2.37. The molecule has 1 amide bonds. The predicted octanol–water partition coefficient (Wildman–Crippen LogP) is 5.14. The molecule has 2 aliphatic rings. The van der Waals surface area contributed by atoms with Gasteiger partial charge in [0.15, 0.2) is 0 Å². The number of anilines is 2. The molecule has 2 saturated heterocycles. The minimum atomic E-state index is -4.44. The summed E-state index contributed by atoms with van der Waals surface area (Å²) in [5.74, 6) is -0.270. The second-order valence-corrected chi connectivity index (χ2v) is 8.60. The minimum absolute atomic E-state index is 0.179. The van der Waals surface area contributed by atoms with Crippen molar-refractivity contribution in [3.63, 3.8) is 0 Å². The van der Waals surface area contributed by atoms with Crippen molar-refractivity contribution in [1.29, 1.82) is 0 Å². The lowest BCUT2D eigenvalue weighted by atomic mass is 10.1. The molecule has 29 heavy (non-hydrogen) atoms. The first-order valence-corrected chi connectivity index (χ1v) is 10.8. The molecular weight excluding hydrogens is 399 g/mol. The number of nitrogens with zero attached hydrogens (tertiary/aromatic N) is 2. The lowest BCUT2D eigenvalue weighted by Crippen LogP contribution is -2.33. The van der Waals surface area contributed by atoms with Crippen molar-refractivity contribution in [2.75, 3.05) is 36.4 Å². The van der Waals surface area contributed by atoms with E-state index in [-0.39, 0.29) is 24.2 Å². The fourth-order valence-electron chi connectivity index (χ4n) is 4.24. The topological polar surface area (TPSA) is 35.6 Å². The fraction of sp³-hybridized carbons (Fsp3) is 0.476. The van der Waals surface area contributed by atoms with E-state index in [2.05, 4.69) is 16.3 Å². The van der Waals surface area contributed by atoms with E-state index < -0.39 is 11.7 Å². The van der Waals surface area contributed by atoms with E-state index in [4.69, 9.17) is 0 Å². The number of rotatable bonds is 5. The Hall–Kier alpha value is -2.06. The number of nitrogens with one attached hydrogen (secondary N) is 1. The molecule has 8 heteroatoms. The van der Waals surface area contributed by atoms with Crippen LogP contribution >= 0.6 is 11.3 Å². The van der Waals surface area contributed by atoms with Gasteiger partial charge in [-0.1, -0.05) is 6.07 Å². The number of benzene rings is 1. The third-order valence-corrected chi connectivity index (χ3v) is 6.60. The molecule has 1 atom stereocenters. The average Bonchev–Trinajstić information content (AvgIpc) is 3.43. The number of likely N-dealkylation sites (tertiary alicyclic amines) is 1. The molecular formula is C21H24F3N3OS. The SMILES string of the molecule is O=C(CN1CCC[C@@H]1c1cccs1)Nc1cc(C(F)(F)F)ccc1N1CCCC1. The largest absolute Gasteiger partial charge is 0.416 e. The zero-order valence-corrected chi connectivity index (χ0v) is 16.9. The van der Waals surface area contributed by atoms with Gasteiger partial charge in [0, 0.05) is 24.0 Å². The molecule has 2 aliphatic heterocycles. The molecule has 1 aromatic carbocycles. The second-order valence-electron chi connectivity index (χ2n) is 7.62. The van der Waals surface area contributed by atoms with Crippen LogP contribution in [-0.2, 0) is 11.0 Å². The van der Waals surface area contributed by atoms with Gasteiger partial charge in [-0.05, 0) is 61.9 Å². The van der Waals surface area contributed by atoms with Crippen molar-refractivity contribution in [2.45, 2.75) is 37.9 Å². The first-order valence-electron chi connectivity index (χ1n) is 9.95. The van der Waals surface area contributed by atoms with E-state index in [0.717, 1.165) is 57.5 Å².